The summed E-state index contributed by atoms with van der Waals surface area (Å²) in [6.07, 6.45) is 1.78. The van der Waals surface area contributed by atoms with Crippen molar-refractivity contribution in [2.75, 3.05) is 5.33 Å². The Labute approximate surface area is 143 Å². The van der Waals surface area contributed by atoms with Gasteiger partial charge in [0.25, 0.3) is 0 Å². The van der Waals surface area contributed by atoms with Crippen LogP contribution < -0.4 is 0 Å². The molecule has 0 aromatic heterocycles. The Morgan fingerprint density at radius 3 is 2.10 bits per heavy atom. The lowest BCUT2D eigenvalue weighted by atomic mass is 9.94. The van der Waals surface area contributed by atoms with Crippen molar-refractivity contribution in [3.8, 4) is 0 Å². The van der Waals surface area contributed by atoms with E-state index in [1.54, 1.807) is 0 Å². The van der Waals surface area contributed by atoms with Gasteiger partial charge in [-0.15, -0.1) is 0 Å². The average molecular weight is 393 g/mol. The Kier molecular flexibility index (Phi) is 6.22. The van der Waals surface area contributed by atoms with E-state index in [4.69, 9.17) is 34.8 Å². The fourth-order valence-electron chi connectivity index (χ4n) is 2.17. The second-order valence-electron chi connectivity index (χ2n) is 4.73. The van der Waals surface area contributed by atoms with Gasteiger partial charge in [0, 0.05) is 10.4 Å². The molecule has 0 amide bonds. The van der Waals surface area contributed by atoms with Gasteiger partial charge < -0.3 is 0 Å². The fourth-order valence-corrected chi connectivity index (χ4v) is 3.24. The van der Waals surface area contributed by atoms with Crippen molar-refractivity contribution in [2.24, 2.45) is 5.92 Å². The first-order chi connectivity index (χ1) is 9.61. The predicted molar refractivity (Wildman–Crippen MR) is 92.6 cm³/mol. The molecular formula is C16H14BrCl3. The van der Waals surface area contributed by atoms with E-state index in [1.165, 1.54) is 0 Å². The second kappa shape index (κ2) is 7.70. The Hall–Kier alpha value is -0.210. The van der Waals surface area contributed by atoms with Crippen molar-refractivity contribution in [2.45, 2.75) is 12.8 Å². The molecule has 2 aromatic carbocycles. The maximum atomic E-state index is 6.26. The van der Waals surface area contributed by atoms with Crippen LogP contribution in [0.2, 0.25) is 15.1 Å². The summed E-state index contributed by atoms with van der Waals surface area (Å²) in [5.74, 6) is 0.422. The summed E-state index contributed by atoms with van der Waals surface area (Å²) in [4.78, 5) is 0. The molecule has 1 unspecified atom stereocenters. The first-order valence-electron chi connectivity index (χ1n) is 6.34. The van der Waals surface area contributed by atoms with Gasteiger partial charge in [0.15, 0.2) is 0 Å². The van der Waals surface area contributed by atoms with Crippen molar-refractivity contribution in [3.05, 3.63) is 68.7 Å². The highest BCUT2D eigenvalue weighted by molar-refractivity contribution is 9.09. The third-order valence-electron chi connectivity index (χ3n) is 3.22. The molecule has 0 spiro atoms. The number of alkyl halides is 1. The monoisotopic (exact) mass is 390 g/mol. The van der Waals surface area contributed by atoms with Crippen LogP contribution in [0.5, 0.6) is 0 Å². The summed E-state index contributed by atoms with van der Waals surface area (Å²) >= 11 is 22.1. The molecule has 0 heterocycles. The van der Waals surface area contributed by atoms with Crippen LogP contribution in [-0.4, -0.2) is 5.33 Å². The largest absolute Gasteiger partial charge is 0.0925 e. The average Bonchev–Trinajstić information content (AvgIpc) is 2.45. The van der Waals surface area contributed by atoms with Crippen LogP contribution in [0.4, 0.5) is 0 Å². The van der Waals surface area contributed by atoms with E-state index in [1.807, 2.05) is 36.4 Å². The molecule has 0 N–H and O–H groups in total. The lowest BCUT2D eigenvalue weighted by molar-refractivity contribution is 0.591. The highest BCUT2D eigenvalue weighted by Crippen LogP contribution is 2.29. The summed E-state index contributed by atoms with van der Waals surface area (Å²) in [6.45, 7) is 0. The molecule has 0 aliphatic carbocycles. The van der Waals surface area contributed by atoms with E-state index in [0.29, 0.717) is 16.0 Å². The standard InChI is InChI=1S/C16H14BrCl3/c17-10-11(8-12-4-1-2-6-14(12)18)9-13-5-3-7-15(19)16(13)20/h1-7,11H,8-10H2. The minimum Gasteiger partial charge on any atom is -0.0925 e. The van der Waals surface area contributed by atoms with Gasteiger partial charge in [0.2, 0.25) is 0 Å². The maximum absolute atomic E-state index is 6.26. The van der Waals surface area contributed by atoms with E-state index in [9.17, 15) is 0 Å². The molecule has 0 saturated carbocycles. The topological polar surface area (TPSA) is 0 Å². The van der Waals surface area contributed by atoms with Gasteiger partial charge >= 0.3 is 0 Å². The molecule has 1 atom stereocenters. The number of hydrogen-bond acceptors (Lipinski definition) is 0. The summed E-state index contributed by atoms with van der Waals surface area (Å²) < 4.78 is 0. The summed E-state index contributed by atoms with van der Waals surface area (Å²) in [6, 6.07) is 13.7. The highest BCUT2D eigenvalue weighted by Gasteiger charge is 2.14. The van der Waals surface area contributed by atoms with Gasteiger partial charge in [0.05, 0.1) is 10.0 Å². The van der Waals surface area contributed by atoms with Gasteiger partial charge in [-0.3, -0.25) is 0 Å². The van der Waals surface area contributed by atoms with E-state index >= 15 is 0 Å². The SMILES string of the molecule is Clc1ccccc1CC(CBr)Cc1cccc(Cl)c1Cl. The van der Waals surface area contributed by atoms with Crippen LogP contribution in [-0.2, 0) is 12.8 Å². The molecule has 0 aliphatic rings. The van der Waals surface area contributed by atoms with Crippen molar-refractivity contribution in [3.63, 3.8) is 0 Å². The first-order valence-corrected chi connectivity index (χ1v) is 8.59. The Morgan fingerprint density at radius 2 is 1.40 bits per heavy atom. The Morgan fingerprint density at radius 1 is 0.800 bits per heavy atom. The molecule has 0 aliphatic heterocycles. The third-order valence-corrected chi connectivity index (χ3v) is 5.37. The number of hydrogen-bond donors (Lipinski definition) is 0. The molecule has 0 radical (unpaired) electrons. The van der Waals surface area contributed by atoms with Crippen molar-refractivity contribution in [1.29, 1.82) is 0 Å². The van der Waals surface area contributed by atoms with Crippen LogP contribution in [0.1, 0.15) is 11.1 Å². The van der Waals surface area contributed by atoms with E-state index < -0.39 is 0 Å². The molecule has 4 heteroatoms. The zero-order valence-corrected chi connectivity index (χ0v) is 14.6. The third kappa shape index (κ3) is 4.14. The Bertz CT molecular complexity index is 584. The minimum absolute atomic E-state index is 0.422. The predicted octanol–water partition coefficient (Wildman–Crippen LogP) is 6.44. The summed E-state index contributed by atoms with van der Waals surface area (Å²) in [5, 5.41) is 2.96. The van der Waals surface area contributed by atoms with Crippen LogP contribution in [0.25, 0.3) is 0 Å². The number of rotatable bonds is 5. The van der Waals surface area contributed by atoms with E-state index in [0.717, 1.165) is 34.3 Å². The molecule has 0 saturated heterocycles. The number of halogens is 4. The fraction of sp³-hybridized carbons (Fsp3) is 0.250. The molecule has 2 rings (SSSR count). The van der Waals surface area contributed by atoms with Crippen LogP contribution >= 0.6 is 50.7 Å². The molecule has 20 heavy (non-hydrogen) atoms. The lowest BCUT2D eigenvalue weighted by Crippen LogP contribution is -2.10. The first kappa shape index (κ1) is 16.2. The Balaban J connectivity index is 2.14. The van der Waals surface area contributed by atoms with Gasteiger partial charge in [-0.1, -0.05) is 81.1 Å². The van der Waals surface area contributed by atoms with Crippen molar-refractivity contribution < 1.29 is 0 Å². The van der Waals surface area contributed by atoms with E-state index in [-0.39, 0.29) is 0 Å². The van der Waals surface area contributed by atoms with Gasteiger partial charge in [-0.2, -0.15) is 0 Å². The maximum Gasteiger partial charge on any atom is 0.0624 e. The molecule has 2 aromatic rings. The highest BCUT2D eigenvalue weighted by atomic mass is 79.9. The van der Waals surface area contributed by atoms with E-state index in [2.05, 4.69) is 22.0 Å². The molecule has 0 bridgehead atoms. The van der Waals surface area contributed by atoms with Gasteiger partial charge in [-0.05, 0) is 42.0 Å². The van der Waals surface area contributed by atoms with Gasteiger partial charge in [0.1, 0.15) is 0 Å². The summed E-state index contributed by atoms with van der Waals surface area (Å²) in [7, 11) is 0. The van der Waals surface area contributed by atoms with Crippen molar-refractivity contribution >= 4 is 50.7 Å². The minimum atomic E-state index is 0.422. The normalized spacial score (nSPS) is 12.4. The molecule has 0 nitrogen and oxygen atoms in total. The molecular weight excluding hydrogens is 378 g/mol. The van der Waals surface area contributed by atoms with Crippen LogP contribution in [0, 0.1) is 5.92 Å². The zero-order chi connectivity index (χ0) is 14.5. The zero-order valence-electron chi connectivity index (χ0n) is 10.8. The lowest BCUT2D eigenvalue weighted by Gasteiger charge is -2.16. The van der Waals surface area contributed by atoms with Crippen molar-refractivity contribution in [1.82, 2.24) is 0 Å². The quantitative estimate of drug-likeness (QED) is 0.513. The summed E-state index contributed by atoms with van der Waals surface area (Å²) in [5.41, 5.74) is 2.24. The molecule has 0 fully saturated rings. The smallest absolute Gasteiger partial charge is 0.0624 e. The second-order valence-corrected chi connectivity index (χ2v) is 6.57. The van der Waals surface area contributed by atoms with Gasteiger partial charge in [-0.25, -0.2) is 0 Å². The number of benzene rings is 2. The van der Waals surface area contributed by atoms with Crippen LogP contribution in [0.15, 0.2) is 42.5 Å². The molecule has 106 valence electrons. The van der Waals surface area contributed by atoms with Crippen LogP contribution in [0.3, 0.4) is 0 Å².